The average molecular weight is 475 g/mol. The molecule has 3 rings (SSSR count). The number of anilines is 1. The lowest BCUT2D eigenvalue weighted by atomic mass is 9.69. The first-order chi connectivity index (χ1) is 16.0. The fraction of sp³-hybridized carbons (Fsp3) is 0.417. The molecular weight excluding hydrogens is 448 g/mol. The van der Waals surface area contributed by atoms with E-state index in [0.717, 1.165) is 11.1 Å². The van der Waals surface area contributed by atoms with Gasteiger partial charge in [0, 0.05) is 25.2 Å². The van der Waals surface area contributed by atoms with Crippen molar-refractivity contribution in [1.29, 1.82) is 0 Å². The van der Waals surface area contributed by atoms with Crippen molar-refractivity contribution >= 4 is 23.5 Å². The monoisotopic (exact) mass is 475 g/mol. The average Bonchev–Trinajstić information content (AvgIpc) is 2.73. The Bertz CT molecular complexity index is 1080. The summed E-state index contributed by atoms with van der Waals surface area (Å²) in [6.07, 6.45) is -0.479. The molecule has 0 spiro atoms. The van der Waals surface area contributed by atoms with Crippen molar-refractivity contribution in [2.24, 2.45) is 0 Å². The third kappa shape index (κ3) is 5.32. The molecule has 0 radical (unpaired) electrons. The Morgan fingerprint density at radius 3 is 2.44 bits per heavy atom. The van der Waals surface area contributed by atoms with Gasteiger partial charge in [-0.1, -0.05) is 38.1 Å². The highest BCUT2D eigenvalue weighted by Crippen LogP contribution is 2.40. The quantitative estimate of drug-likeness (QED) is 0.573. The number of hydrogen-bond acceptors (Lipinski definition) is 5. The zero-order valence-electron chi connectivity index (χ0n) is 19.2. The van der Waals surface area contributed by atoms with Gasteiger partial charge in [-0.05, 0) is 36.1 Å². The number of carboxylic acids is 1. The largest absolute Gasteiger partial charge is 0.481 e. The standard InChI is InChI=1S/C24H27F2N3O5/c1-14(2)16-6-4-5-7-17(16)24(12-29(13-24)19(30)10-11-20(31)32)22(33)28-18-9-8-15(3)27-21(18)34-23(25)26/h4-9,14,23H,10-13H2,1-3H3,(H,28,33)(H,31,32). The van der Waals surface area contributed by atoms with Crippen LogP contribution >= 0.6 is 0 Å². The maximum Gasteiger partial charge on any atom is 0.388 e. The number of amides is 2. The zero-order valence-corrected chi connectivity index (χ0v) is 19.2. The summed E-state index contributed by atoms with van der Waals surface area (Å²) in [5, 5.41) is 11.5. The molecule has 1 aliphatic heterocycles. The van der Waals surface area contributed by atoms with Gasteiger partial charge < -0.3 is 20.1 Å². The van der Waals surface area contributed by atoms with Crippen LogP contribution in [-0.4, -0.2) is 52.5 Å². The van der Waals surface area contributed by atoms with E-state index < -0.39 is 29.8 Å². The number of carbonyl (C=O) groups is 3. The minimum Gasteiger partial charge on any atom is -0.481 e. The number of aryl methyl sites for hydroxylation is 1. The second-order valence-electron chi connectivity index (χ2n) is 8.61. The predicted octanol–water partition coefficient (Wildman–Crippen LogP) is 3.70. The molecule has 0 unspecified atom stereocenters. The number of pyridine rings is 1. The van der Waals surface area contributed by atoms with Gasteiger partial charge in [0.2, 0.25) is 17.7 Å². The molecule has 1 fully saturated rings. The number of likely N-dealkylation sites (tertiary alicyclic amines) is 1. The van der Waals surface area contributed by atoms with E-state index in [1.54, 1.807) is 19.1 Å². The number of ether oxygens (including phenoxy) is 1. The molecule has 0 saturated carbocycles. The van der Waals surface area contributed by atoms with Crippen LogP contribution in [0, 0.1) is 6.92 Å². The summed E-state index contributed by atoms with van der Waals surface area (Å²) < 4.78 is 30.3. The van der Waals surface area contributed by atoms with E-state index in [2.05, 4.69) is 15.0 Å². The van der Waals surface area contributed by atoms with E-state index in [-0.39, 0.29) is 43.4 Å². The van der Waals surface area contributed by atoms with Gasteiger partial charge in [0.15, 0.2) is 0 Å². The molecule has 2 aromatic rings. The lowest BCUT2D eigenvalue weighted by Crippen LogP contribution is -2.66. The van der Waals surface area contributed by atoms with Gasteiger partial charge >= 0.3 is 12.6 Å². The van der Waals surface area contributed by atoms with Crippen LogP contribution in [0.3, 0.4) is 0 Å². The molecule has 34 heavy (non-hydrogen) atoms. The topological polar surface area (TPSA) is 109 Å². The number of alkyl halides is 2. The first kappa shape index (κ1) is 25.1. The molecule has 2 amide bonds. The SMILES string of the molecule is Cc1ccc(NC(=O)C2(c3ccccc3C(C)C)CN(C(=O)CCC(=O)O)C2)c(OC(F)F)n1. The first-order valence-electron chi connectivity index (χ1n) is 10.9. The van der Waals surface area contributed by atoms with Crippen LogP contribution in [-0.2, 0) is 19.8 Å². The Balaban J connectivity index is 1.94. The van der Waals surface area contributed by atoms with E-state index in [1.165, 1.54) is 11.0 Å². The lowest BCUT2D eigenvalue weighted by Gasteiger charge is -2.50. The Morgan fingerprint density at radius 2 is 1.82 bits per heavy atom. The molecule has 0 aliphatic carbocycles. The lowest BCUT2D eigenvalue weighted by molar-refractivity contribution is -0.147. The molecule has 2 N–H and O–H groups in total. The van der Waals surface area contributed by atoms with Crippen LogP contribution in [0.4, 0.5) is 14.5 Å². The van der Waals surface area contributed by atoms with Gasteiger partial charge in [0.05, 0.1) is 6.42 Å². The number of benzene rings is 1. The number of carboxylic acid groups (broad SMARTS) is 1. The van der Waals surface area contributed by atoms with E-state index in [4.69, 9.17) is 5.11 Å². The molecular formula is C24H27F2N3O5. The zero-order chi connectivity index (χ0) is 25.0. The van der Waals surface area contributed by atoms with Crippen molar-refractivity contribution < 1.29 is 33.0 Å². The number of nitrogens with zero attached hydrogens (tertiary/aromatic N) is 2. The van der Waals surface area contributed by atoms with Gasteiger partial charge in [-0.15, -0.1) is 0 Å². The predicted molar refractivity (Wildman–Crippen MR) is 120 cm³/mol. The first-order valence-corrected chi connectivity index (χ1v) is 10.9. The molecule has 0 bridgehead atoms. The van der Waals surface area contributed by atoms with Crippen molar-refractivity contribution in [2.45, 2.75) is 51.6 Å². The summed E-state index contributed by atoms with van der Waals surface area (Å²) in [5.74, 6) is -2.26. The highest BCUT2D eigenvalue weighted by Gasteiger charge is 2.53. The summed E-state index contributed by atoms with van der Waals surface area (Å²) in [6.45, 7) is 2.52. The van der Waals surface area contributed by atoms with Gasteiger partial charge in [-0.25, -0.2) is 4.98 Å². The van der Waals surface area contributed by atoms with Crippen LogP contribution in [0.5, 0.6) is 5.88 Å². The van der Waals surface area contributed by atoms with Gasteiger partial charge in [-0.3, -0.25) is 14.4 Å². The van der Waals surface area contributed by atoms with Crippen LogP contribution in [0.25, 0.3) is 0 Å². The van der Waals surface area contributed by atoms with E-state index >= 15 is 0 Å². The molecule has 1 aromatic carbocycles. The number of halogens is 2. The van der Waals surface area contributed by atoms with Crippen molar-refractivity contribution in [3.63, 3.8) is 0 Å². The molecule has 1 aliphatic rings. The molecule has 182 valence electrons. The smallest absolute Gasteiger partial charge is 0.388 e. The molecule has 1 aromatic heterocycles. The molecule has 10 heteroatoms. The Labute approximate surface area is 195 Å². The number of nitrogens with one attached hydrogen (secondary N) is 1. The molecule has 0 atom stereocenters. The maximum atomic E-state index is 13.6. The van der Waals surface area contributed by atoms with Crippen LogP contribution in [0.2, 0.25) is 0 Å². The fourth-order valence-electron chi connectivity index (χ4n) is 4.07. The summed E-state index contributed by atoms with van der Waals surface area (Å²) in [7, 11) is 0. The minimum atomic E-state index is -3.12. The number of aliphatic carboxylic acids is 1. The van der Waals surface area contributed by atoms with Gasteiger partial charge in [-0.2, -0.15) is 8.78 Å². The van der Waals surface area contributed by atoms with Crippen molar-refractivity contribution in [2.75, 3.05) is 18.4 Å². The number of rotatable bonds is 9. The Morgan fingerprint density at radius 1 is 1.15 bits per heavy atom. The molecule has 1 saturated heterocycles. The van der Waals surface area contributed by atoms with Crippen LogP contribution in [0.15, 0.2) is 36.4 Å². The summed E-state index contributed by atoms with van der Waals surface area (Å²) in [6, 6.07) is 10.4. The number of hydrogen-bond donors (Lipinski definition) is 2. The molecule has 2 heterocycles. The third-order valence-electron chi connectivity index (χ3n) is 5.81. The third-order valence-corrected chi connectivity index (χ3v) is 5.81. The van der Waals surface area contributed by atoms with Gasteiger partial charge in [0.25, 0.3) is 0 Å². The van der Waals surface area contributed by atoms with Crippen LogP contribution < -0.4 is 10.1 Å². The summed E-state index contributed by atoms with van der Waals surface area (Å²) >= 11 is 0. The second kappa shape index (κ2) is 10.1. The van der Waals surface area contributed by atoms with Crippen LogP contribution in [0.1, 0.15) is 49.4 Å². The summed E-state index contributed by atoms with van der Waals surface area (Å²) in [5.41, 5.74) is 0.926. The number of aromatic nitrogens is 1. The normalized spacial score (nSPS) is 14.6. The van der Waals surface area contributed by atoms with E-state index in [1.807, 2.05) is 32.0 Å². The highest BCUT2D eigenvalue weighted by molar-refractivity contribution is 6.02. The fourth-order valence-corrected chi connectivity index (χ4v) is 4.07. The van der Waals surface area contributed by atoms with Crippen molar-refractivity contribution in [3.8, 4) is 5.88 Å². The van der Waals surface area contributed by atoms with Gasteiger partial charge in [0.1, 0.15) is 11.1 Å². The maximum absolute atomic E-state index is 13.6. The van der Waals surface area contributed by atoms with Crippen molar-refractivity contribution in [1.82, 2.24) is 9.88 Å². The Hall–Kier alpha value is -3.56. The summed E-state index contributed by atoms with van der Waals surface area (Å²) in [4.78, 5) is 42.3. The van der Waals surface area contributed by atoms with E-state index in [9.17, 15) is 23.2 Å². The second-order valence-corrected chi connectivity index (χ2v) is 8.61. The van der Waals surface area contributed by atoms with Crippen molar-refractivity contribution in [3.05, 3.63) is 53.2 Å². The van der Waals surface area contributed by atoms with E-state index in [0.29, 0.717) is 5.69 Å². The highest BCUT2D eigenvalue weighted by atomic mass is 19.3. The minimum absolute atomic E-state index is 0.00652. The molecule has 8 nitrogen and oxygen atoms in total. The number of carbonyl (C=O) groups excluding carboxylic acids is 2. The Kier molecular flexibility index (Phi) is 7.48.